The molecule has 8 heteroatoms. The average molecular weight is 474 g/mol. The predicted molar refractivity (Wildman–Crippen MR) is 111 cm³/mol. The van der Waals surface area contributed by atoms with Crippen LogP contribution in [0.5, 0.6) is 11.5 Å². The molecule has 0 aliphatic heterocycles. The first-order valence-electron chi connectivity index (χ1n) is 8.02. The normalized spacial score (nSPS) is 10.8. The number of guanidine groups is 1. The van der Waals surface area contributed by atoms with Crippen LogP contribution < -0.4 is 15.4 Å². The monoisotopic (exact) mass is 474 g/mol. The van der Waals surface area contributed by atoms with Gasteiger partial charge >= 0.3 is 0 Å². The number of hydrogen-bond acceptors (Lipinski definition) is 4. The minimum atomic E-state index is -0.425. The quantitative estimate of drug-likeness (QED) is 0.266. The van der Waals surface area contributed by atoms with E-state index in [0.29, 0.717) is 24.9 Å². The van der Waals surface area contributed by atoms with Crippen LogP contribution in [0, 0.1) is 5.82 Å². The summed E-state index contributed by atoms with van der Waals surface area (Å²) in [4.78, 5) is 8.06. The van der Waals surface area contributed by atoms with Crippen molar-refractivity contribution in [2.24, 2.45) is 4.99 Å². The van der Waals surface area contributed by atoms with Gasteiger partial charge in [0.25, 0.3) is 0 Å². The summed E-state index contributed by atoms with van der Waals surface area (Å²) in [6.07, 6.45) is 4.05. The Kier molecular flexibility index (Phi) is 10.6. The second-order valence-corrected chi connectivity index (χ2v) is 5.25. The van der Waals surface area contributed by atoms with E-state index in [-0.39, 0.29) is 29.7 Å². The first-order valence-corrected chi connectivity index (χ1v) is 8.02. The fraction of sp³-hybridized carbons (Fsp3) is 0.333. The van der Waals surface area contributed by atoms with Crippen molar-refractivity contribution in [1.82, 2.24) is 15.6 Å². The van der Waals surface area contributed by atoms with Crippen LogP contribution in [0.4, 0.5) is 4.39 Å². The van der Waals surface area contributed by atoms with Crippen molar-refractivity contribution < 1.29 is 13.9 Å². The first-order chi connectivity index (χ1) is 12.2. The predicted octanol–water partition coefficient (Wildman–Crippen LogP) is 3.33. The SMILES string of the molecule is CN=C(NCCCOC)NCc1ccc(Oc2cccnc2)c(F)c1.I. The third-order valence-electron chi connectivity index (χ3n) is 3.36. The highest BCUT2D eigenvalue weighted by molar-refractivity contribution is 14.0. The van der Waals surface area contributed by atoms with E-state index < -0.39 is 5.82 Å². The highest BCUT2D eigenvalue weighted by atomic mass is 127. The maximum Gasteiger partial charge on any atom is 0.191 e. The lowest BCUT2D eigenvalue weighted by Crippen LogP contribution is -2.37. The number of nitrogens with zero attached hydrogens (tertiary/aromatic N) is 2. The number of ether oxygens (including phenoxy) is 2. The molecule has 6 nitrogen and oxygen atoms in total. The molecular weight excluding hydrogens is 450 g/mol. The van der Waals surface area contributed by atoms with Crippen molar-refractivity contribution in [2.75, 3.05) is 27.3 Å². The van der Waals surface area contributed by atoms with Gasteiger partial charge in [0.1, 0.15) is 5.75 Å². The number of nitrogens with one attached hydrogen (secondary N) is 2. The highest BCUT2D eigenvalue weighted by Crippen LogP contribution is 2.24. The van der Waals surface area contributed by atoms with Gasteiger partial charge in [-0.3, -0.25) is 9.98 Å². The molecule has 0 unspecified atom stereocenters. The molecule has 2 aromatic rings. The lowest BCUT2D eigenvalue weighted by atomic mass is 10.2. The zero-order chi connectivity index (χ0) is 17.9. The smallest absolute Gasteiger partial charge is 0.191 e. The summed E-state index contributed by atoms with van der Waals surface area (Å²) < 4.78 is 24.7. The Morgan fingerprint density at radius 3 is 2.77 bits per heavy atom. The molecule has 0 saturated carbocycles. The molecule has 2 N–H and O–H groups in total. The summed E-state index contributed by atoms with van der Waals surface area (Å²) in [6, 6.07) is 8.31. The van der Waals surface area contributed by atoms with Crippen LogP contribution in [0.1, 0.15) is 12.0 Å². The molecule has 0 saturated heterocycles. The van der Waals surface area contributed by atoms with Gasteiger partial charge in [0.05, 0.1) is 6.20 Å². The van der Waals surface area contributed by atoms with Gasteiger partial charge in [-0.05, 0) is 36.2 Å². The Morgan fingerprint density at radius 2 is 2.12 bits per heavy atom. The van der Waals surface area contributed by atoms with Gasteiger partial charge in [-0.15, -0.1) is 24.0 Å². The summed E-state index contributed by atoms with van der Waals surface area (Å²) in [5.74, 6) is 0.894. The molecule has 0 atom stereocenters. The van der Waals surface area contributed by atoms with Crippen molar-refractivity contribution in [1.29, 1.82) is 0 Å². The van der Waals surface area contributed by atoms with Gasteiger partial charge in [-0.1, -0.05) is 6.07 Å². The fourth-order valence-electron chi connectivity index (χ4n) is 2.10. The van der Waals surface area contributed by atoms with Crippen LogP contribution in [-0.2, 0) is 11.3 Å². The number of methoxy groups -OCH3 is 1. The van der Waals surface area contributed by atoms with Crippen molar-refractivity contribution in [3.8, 4) is 11.5 Å². The van der Waals surface area contributed by atoms with E-state index in [4.69, 9.17) is 9.47 Å². The van der Waals surface area contributed by atoms with Crippen LogP contribution in [0.25, 0.3) is 0 Å². The molecule has 1 aromatic carbocycles. The summed E-state index contributed by atoms with van der Waals surface area (Å²) in [5.41, 5.74) is 0.788. The maximum absolute atomic E-state index is 14.2. The average Bonchev–Trinajstić information content (AvgIpc) is 2.64. The molecule has 0 aliphatic rings. The first kappa shape index (κ1) is 22.1. The maximum atomic E-state index is 14.2. The topological polar surface area (TPSA) is 67.8 Å². The van der Waals surface area contributed by atoms with Crippen LogP contribution in [0.2, 0.25) is 0 Å². The van der Waals surface area contributed by atoms with E-state index in [1.54, 1.807) is 44.6 Å². The Bertz CT molecular complexity index is 686. The second kappa shape index (κ2) is 12.4. The Hall–Kier alpha value is -1.94. The molecule has 142 valence electrons. The molecule has 0 radical (unpaired) electrons. The van der Waals surface area contributed by atoms with E-state index in [9.17, 15) is 4.39 Å². The fourth-order valence-corrected chi connectivity index (χ4v) is 2.10. The zero-order valence-electron chi connectivity index (χ0n) is 14.9. The molecule has 1 aromatic heterocycles. The van der Waals surface area contributed by atoms with Crippen molar-refractivity contribution in [2.45, 2.75) is 13.0 Å². The summed E-state index contributed by atoms with van der Waals surface area (Å²) >= 11 is 0. The Labute approximate surface area is 170 Å². The Morgan fingerprint density at radius 1 is 1.27 bits per heavy atom. The molecule has 0 bridgehead atoms. The number of pyridine rings is 1. The number of hydrogen-bond donors (Lipinski definition) is 2. The Balaban J connectivity index is 0.00000338. The van der Waals surface area contributed by atoms with E-state index in [0.717, 1.165) is 18.5 Å². The van der Waals surface area contributed by atoms with E-state index in [2.05, 4.69) is 20.6 Å². The highest BCUT2D eigenvalue weighted by Gasteiger charge is 2.07. The number of rotatable bonds is 8. The largest absolute Gasteiger partial charge is 0.453 e. The molecule has 26 heavy (non-hydrogen) atoms. The zero-order valence-corrected chi connectivity index (χ0v) is 17.2. The number of benzene rings is 1. The van der Waals surface area contributed by atoms with Crippen LogP contribution >= 0.6 is 24.0 Å². The van der Waals surface area contributed by atoms with E-state index in [1.807, 2.05) is 0 Å². The van der Waals surface area contributed by atoms with Crippen molar-refractivity contribution in [3.05, 3.63) is 54.1 Å². The van der Waals surface area contributed by atoms with E-state index >= 15 is 0 Å². The number of halogens is 2. The van der Waals surface area contributed by atoms with Gasteiger partial charge in [-0.25, -0.2) is 4.39 Å². The standard InChI is InChI=1S/C18H23FN4O2.HI/c1-20-18(22-9-4-10-24-2)23-12-14-6-7-17(16(19)11-14)25-15-5-3-8-21-13-15;/h3,5-8,11,13H,4,9-10,12H2,1-2H3,(H2,20,22,23);1H. The number of aliphatic imine (C=N–C) groups is 1. The van der Waals surface area contributed by atoms with Crippen molar-refractivity contribution in [3.63, 3.8) is 0 Å². The molecule has 0 amide bonds. The van der Waals surface area contributed by atoms with Gasteiger partial charge in [0.2, 0.25) is 0 Å². The molecule has 0 spiro atoms. The summed E-state index contributed by atoms with van der Waals surface area (Å²) in [7, 11) is 3.36. The molecule has 2 rings (SSSR count). The van der Waals surface area contributed by atoms with Crippen LogP contribution in [0.15, 0.2) is 47.7 Å². The van der Waals surface area contributed by atoms with Crippen LogP contribution in [-0.4, -0.2) is 38.3 Å². The van der Waals surface area contributed by atoms with Gasteiger partial charge in [0, 0.05) is 40.1 Å². The molecule has 0 aliphatic carbocycles. The van der Waals surface area contributed by atoms with Crippen LogP contribution in [0.3, 0.4) is 0 Å². The third-order valence-corrected chi connectivity index (χ3v) is 3.36. The van der Waals surface area contributed by atoms with Crippen molar-refractivity contribution >= 4 is 29.9 Å². The third kappa shape index (κ3) is 7.52. The molecule has 0 fully saturated rings. The lowest BCUT2D eigenvalue weighted by Gasteiger charge is -2.12. The summed E-state index contributed by atoms with van der Waals surface area (Å²) in [5, 5.41) is 6.31. The molecule has 1 heterocycles. The number of aromatic nitrogens is 1. The van der Waals surface area contributed by atoms with Gasteiger partial charge in [-0.2, -0.15) is 0 Å². The minimum Gasteiger partial charge on any atom is -0.453 e. The lowest BCUT2D eigenvalue weighted by molar-refractivity contribution is 0.195. The van der Waals surface area contributed by atoms with Gasteiger partial charge < -0.3 is 20.1 Å². The summed E-state index contributed by atoms with van der Waals surface area (Å²) in [6.45, 7) is 1.89. The van der Waals surface area contributed by atoms with E-state index in [1.165, 1.54) is 12.3 Å². The van der Waals surface area contributed by atoms with Gasteiger partial charge in [0.15, 0.2) is 17.5 Å². The second-order valence-electron chi connectivity index (χ2n) is 5.25. The molecular formula is C18H24FIN4O2. The minimum absolute atomic E-state index is 0.